The first-order valence-corrected chi connectivity index (χ1v) is 11.1. The first-order chi connectivity index (χ1) is 15.4. The maximum absolute atomic E-state index is 11.3. The fourth-order valence-corrected chi connectivity index (χ4v) is 4.12. The molecule has 0 spiro atoms. The highest BCUT2D eigenvalue weighted by Gasteiger charge is 2.27. The van der Waals surface area contributed by atoms with Crippen LogP contribution in [0, 0.1) is 0 Å². The Morgan fingerprint density at radius 3 is 1.31 bits per heavy atom. The Kier molecular flexibility index (Phi) is 8.03. The first-order valence-electron chi connectivity index (χ1n) is 11.1. The van der Waals surface area contributed by atoms with Crippen LogP contribution in [0.4, 0.5) is 11.4 Å². The first kappa shape index (κ1) is 23.5. The Morgan fingerprint density at radius 2 is 1.00 bits per heavy atom. The van der Waals surface area contributed by atoms with Crippen molar-refractivity contribution >= 4 is 23.3 Å². The number of esters is 2. The number of benzene rings is 1. The van der Waals surface area contributed by atoms with Crippen molar-refractivity contribution in [3.8, 4) is 11.5 Å². The smallest absolute Gasteiger partial charge is 0.330 e. The molecular weight excluding hydrogens is 412 g/mol. The summed E-state index contributed by atoms with van der Waals surface area (Å²) in [6.07, 6.45) is 8.05. The van der Waals surface area contributed by atoms with Crippen molar-refractivity contribution < 1.29 is 28.5 Å². The van der Waals surface area contributed by atoms with Gasteiger partial charge in [-0.2, -0.15) is 0 Å². The summed E-state index contributed by atoms with van der Waals surface area (Å²) in [4.78, 5) is 22.7. The maximum atomic E-state index is 11.3. The van der Waals surface area contributed by atoms with Crippen LogP contribution in [-0.2, 0) is 19.1 Å². The molecule has 0 aliphatic heterocycles. The van der Waals surface area contributed by atoms with Crippen LogP contribution in [0.1, 0.15) is 51.4 Å². The molecule has 2 aliphatic carbocycles. The minimum absolute atomic E-state index is 0.0179. The Labute approximate surface area is 188 Å². The van der Waals surface area contributed by atoms with Crippen molar-refractivity contribution in [2.24, 2.45) is 0 Å². The topological polar surface area (TPSA) is 123 Å². The number of rotatable bonds is 8. The van der Waals surface area contributed by atoms with E-state index in [4.69, 9.17) is 30.4 Å². The number of anilines is 2. The molecule has 2 saturated carbocycles. The van der Waals surface area contributed by atoms with Gasteiger partial charge in [0, 0.05) is 12.2 Å². The molecule has 0 radical (unpaired) electrons. The number of ether oxygens (including phenoxy) is 4. The summed E-state index contributed by atoms with van der Waals surface area (Å²) in [5.41, 5.74) is 13.2. The third kappa shape index (κ3) is 6.18. The SMILES string of the molecule is C=CC(=O)OC1CCC(Oc2ccc(OC3CCC(OC(=O)C=C)CC3)c(N)c2N)CC1. The zero-order valence-electron chi connectivity index (χ0n) is 18.3. The Morgan fingerprint density at radius 1 is 0.688 bits per heavy atom. The summed E-state index contributed by atoms with van der Waals surface area (Å²) in [5.74, 6) is 0.268. The highest BCUT2D eigenvalue weighted by molar-refractivity contribution is 5.81. The van der Waals surface area contributed by atoms with Gasteiger partial charge in [-0.05, 0) is 63.5 Å². The maximum Gasteiger partial charge on any atom is 0.330 e. The van der Waals surface area contributed by atoms with E-state index < -0.39 is 11.9 Å². The van der Waals surface area contributed by atoms with Gasteiger partial charge in [0.05, 0.1) is 12.2 Å². The molecule has 0 amide bonds. The lowest BCUT2D eigenvalue weighted by atomic mass is 9.94. The molecule has 0 heterocycles. The molecule has 1 aromatic carbocycles. The molecule has 8 heteroatoms. The predicted molar refractivity (Wildman–Crippen MR) is 121 cm³/mol. The normalized spacial score (nSPS) is 25.2. The van der Waals surface area contributed by atoms with E-state index in [0.717, 1.165) is 51.4 Å². The number of nitrogens with two attached hydrogens (primary N) is 2. The van der Waals surface area contributed by atoms with Crippen LogP contribution >= 0.6 is 0 Å². The fourth-order valence-electron chi connectivity index (χ4n) is 4.12. The molecule has 4 N–H and O–H groups in total. The third-order valence-electron chi connectivity index (χ3n) is 5.94. The van der Waals surface area contributed by atoms with Gasteiger partial charge in [0.15, 0.2) is 0 Å². The van der Waals surface area contributed by atoms with Gasteiger partial charge in [0.25, 0.3) is 0 Å². The van der Waals surface area contributed by atoms with Crippen LogP contribution in [-0.4, -0.2) is 36.4 Å². The Balaban J connectivity index is 1.50. The van der Waals surface area contributed by atoms with E-state index in [0.29, 0.717) is 22.9 Å². The summed E-state index contributed by atoms with van der Waals surface area (Å²) in [5, 5.41) is 0. The molecule has 2 fully saturated rings. The number of hydrogen-bond donors (Lipinski definition) is 2. The van der Waals surface area contributed by atoms with Gasteiger partial charge in [-0.3, -0.25) is 0 Å². The van der Waals surface area contributed by atoms with Crippen molar-refractivity contribution in [1.82, 2.24) is 0 Å². The second-order valence-electron chi connectivity index (χ2n) is 8.20. The van der Waals surface area contributed by atoms with E-state index >= 15 is 0 Å². The van der Waals surface area contributed by atoms with E-state index in [1.807, 2.05) is 0 Å². The fraction of sp³-hybridized carbons (Fsp3) is 0.500. The van der Waals surface area contributed by atoms with Gasteiger partial charge >= 0.3 is 11.9 Å². The predicted octanol–water partition coefficient (Wildman–Crippen LogP) is 3.69. The number of carbonyl (C=O) groups is 2. The third-order valence-corrected chi connectivity index (χ3v) is 5.94. The summed E-state index contributed by atoms with van der Waals surface area (Å²) in [7, 11) is 0. The van der Waals surface area contributed by atoms with Gasteiger partial charge in [0.1, 0.15) is 35.1 Å². The van der Waals surface area contributed by atoms with Gasteiger partial charge in [-0.1, -0.05) is 13.2 Å². The molecule has 2 aliphatic rings. The summed E-state index contributed by atoms with van der Waals surface area (Å²) >= 11 is 0. The zero-order chi connectivity index (χ0) is 23.1. The molecule has 8 nitrogen and oxygen atoms in total. The van der Waals surface area contributed by atoms with Gasteiger partial charge < -0.3 is 30.4 Å². The lowest BCUT2D eigenvalue weighted by Gasteiger charge is -2.30. The Hall–Kier alpha value is -3.16. The summed E-state index contributed by atoms with van der Waals surface area (Å²) in [6, 6.07) is 3.56. The molecule has 0 saturated heterocycles. The van der Waals surface area contributed by atoms with E-state index in [1.165, 1.54) is 12.2 Å². The highest BCUT2D eigenvalue weighted by Crippen LogP contribution is 2.39. The van der Waals surface area contributed by atoms with Crippen molar-refractivity contribution in [3.05, 3.63) is 37.4 Å². The molecule has 0 bridgehead atoms. The number of hydrogen-bond acceptors (Lipinski definition) is 8. The van der Waals surface area contributed by atoms with E-state index in [2.05, 4.69) is 13.2 Å². The second kappa shape index (κ2) is 10.9. The molecule has 174 valence electrons. The molecular formula is C24H32N2O6. The largest absolute Gasteiger partial charge is 0.488 e. The van der Waals surface area contributed by atoms with E-state index in [-0.39, 0.29) is 24.4 Å². The van der Waals surface area contributed by atoms with Gasteiger partial charge in [0.2, 0.25) is 0 Å². The standard InChI is InChI=1S/C24H32N2O6/c1-3-21(27)31-17-9-5-15(6-10-17)29-19-13-14-20(24(26)23(19)25)30-16-7-11-18(12-8-16)32-22(28)4-2/h3-4,13-18H,1-2,5-12,25-26H2. The van der Waals surface area contributed by atoms with Crippen LogP contribution in [0.5, 0.6) is 11.5 Å². The van der Waals surface area contributed by atoms with Crippen LogP contribution in [0.25, 0.3) is 0 Å². The average Bonchev–Trinajstić information content (AvgIpc) is 2.81. The van der Waals surface area contributed by atoms with Crippen molar-refractivity contribution in [3.63, 3.8) is 0 Å². The Bertz CT molecular complexity index is 770. The molecule has 32 heavy (non-hydrogen) atoms. The van der Waals surface area contributed by atoms with Crippen LogP contribution in [0.2, 0.25) is 0 Å². The summed E-state index contributed by atoms with van der Waals surface area (Å²) in [6.45, 7) is 6.84. The van der Waals surface area contributed by atoms with E-state index in [1.54, 1.807) is 12.1 Å². The zero-order valence-corrected chi connectivity index (χ0v) is 18.3. The minimum atomic E-state index is -0.395. The molecule has 0 aromatic heterocycles. The lowest BCUT2D eigenvalue weighted by molar-refractivity contribution is -0.146. The van der Waals surface area contributed by atoms with Crippen LogP contribution in [0.3, 0.4) is 0 Å². The average molecular weight is 445 g/mol. The van der Waals surface area contributed by atoms with Crippen molar-refractivity contribution in [2.45, 2.75) is 75.8 Å². The van der Waals surface area contributed by atoms with Crippen molar-refractivity contribution in [1.29, 1.82) is 0 Å². The number of carbonyl (C=O) groups excluding carboxylic acids is 2. The van der Waals surface area contributed by atoms with Gasteiger partial charge in [-0.15, -0.1) is 0 Å². The lowest BCUT2D eigenvalue weighted by Crippen LogP contribution is -2.30. The molecule has 0 atom stereocenters. The highest BCUT2D eigenvalue weighted by atomic mass is 16.5. The summed E-state index contributed by atoms with van der Waals surface area (Å²) < 4.78 is 22.7. The second-order valence-corrected chi connectivity index (χ2v) is 8.20. The minimum Gasteiger partial charge on any atom is -0.488 e. The molecule has 3 rings (SSSR count). The van der Waals surface area contributed by atoms with Crippen LogP contribution in [0.15, 0.2) is 37.4 Å². The van der Waals surface area contributed by atoms with E-state index in [9.17, 15) is 9.59 Å². The van der Waals surface area contributed by atoms with Crippen LogP contribution < -0.4 is 20.9 Å². The quantitative estimate of drug-likeness (QED) is 0.353. The molecule has 1 aromatic rings. The van der Waals surface area contributed by atoms with Crippen molar-refractivity contribution in [2.75, 3.05) is 11.5 Å². The monoisotopic (exact) mass is 444 g/mol. The molecule has 0 unspecified atom stereocenters. The van der Waals surface area contributed by atoms with Gasteiger partial charge in [-0.25, -0.2) is 9.59 Å². The number of nitrogen functional groups attached to an aromatic ring is 2.